The van der Waals surface area contributed by atoms with Gasteiger partial charge in [0.15, 0.2) is 0 Å². The number of methoxy groups -OCH3 is 2. The summed E-state index contributed by atoms with van der Waals surface area (Å²) < 4.78 is 23.6. The molecule has 0 spiro atoms. The highest BCUT2D eigenvalue weighted by molar-refractivity contribution is 9.11. The molecule has 1 aliphatic rings. The topological polar surface area (TPSA) is 62.9 Å². The maximum absolute atomic E-state index is 6.00. The molecule has 0 radical (unpaired) electrons. The van der Waals surface area contributed by atoms with Gasteiger partial charge in [0, 0.05) is 19.6 Å². The Hall–Kier alpha value is -0.340. The fourth-order valence-electron chi connectivity index (χ4n) is 2.15. The van der Waals surface area contributed by atoms with Gasteiger partial charge in [0.05, 0.1) is 29.3 Å². The number of halogens is 2. The Morgan fingerprint density at radius 3 is 2.43 bits per heavy atom. The molecule has 0 aliphatic heterocycles. The fraction of sp³-hybridized carbons (Fsp3) is 0.571. The van der Waals surface area contributed by atoms with E-state index in [2.05, 4.69) is 31.9 Å². The minimum absolute atomic E-state index is 0.00678. The van der Waals surface area contributed by atoms with Gasteiger partial charge in [-0.3, -0.25) is 0 Å². The lowest BCUT2D eigenvalue weighted by Crippen LogP contribution is -2.59. The van der Waals surface area contributed by atoms with Gasteiger partial charge in [0.25, 0.3) is 0 Å². The van der Waals surface area contributed by atoms with Crippen LogP contribution >= 0.6 is 31.9 Å². The van der Waals surface area contributed by atoms with Crippen LogP contribution in [0.5, 0.6) is 11.5 Å². The number of hydrogen-bond donors (Lipinski definition) is 1. The average Bonchev–Trinajstić information content (AvgIpc) is 2.46. The molecule has 0 heterocycles. The van der Waals surface area contributed by atoms with Crippen LogP contribution in [0.4, 0.5) is 0 Å². The highest BCUT2D eigenvalue weighted by Gasteiger charge is 2.41. The normalized spacial score (nSPS) is 24.5. The summed E-state index contributed by atoms with van der Waals surface area (Å²) in [5.41, 5.74) is 5.98. The highest BCUT2D eigenvalue weighted by Crippen LogP contribution is 2.38. The van der Waals surface area contributed by atoms with Crippen molar-refractivity contribution in [1.82, 2.24) is 0 Å². The van der Waals surface area contributed by atoms with Crippen molar-refractivity contribution >= 4 is 31.9 Å². The van der Waals surface area contributed by atoms with Crippen molar-refractivity contribution in [2.24, 2.45) is 5.73 Å². The van der Waals surface area contributed by atoms with Crippen molar-refractivity contribution in [1.29, 1.82) is 0 Å². The minimum atomic E-state index is -0.104. The van der Waals surface area contributed by atoms with E-state index in [1.807, 2.05) is 12.1 Å². The fourth-order valence-corrected chi connectivity index (χ4v) is 3.05. The van der Waals surface area contributed by atoms with Crippen LogP contribution in [0, 0.1) is 0 Å². The minimum Gasteiger partial charge on any atom is -0.496 e. The molecule has 21 heavy (non-hydrogen) atoms. The van der Waals surface area contributed by atoms with E-state index in [9.17, 15) is 0 Å². The molecule has 3 atom stereocenters. The number of benzene rings is 1. The molecule has 2 rings (SSSR count). The third-order valence-electron chi connectivity index (χ3n) is 3.38. The third kappa shape index (κ3) is 4.10. The Morgan fingerprint density at radius 2 is 1.81 bits per heavy atom. The van der Waals surface area contributed by atoms with E-state index in [1.54, 1.807) is 14.2 Å². The number of ether oxygens (including phenoxy) is 4. The molecule has 0 saturated heterocycles. The molecule has 0 amide bonds. The summed E-state index contributed by atoms with van der Waals surface area (Å²) in [5, 5.41) is 0. The van der Waals surface area contributed by atoms with Gasteiger partial charge < -0.3 is 24.7 Å². The Morgan fingerprint density at radius 1 is 1.14 bits per heavy atom. The first-order valence-electron chi connectivity index (χ1n) is 6.62. The van der Waals surface area contributed by atoms with Crippen LogP contribution in [0.1, 0.15) is 6.42 Å². The molecule has 2 N–H and O–H groups in total. The van der Waals surface area contributed by atoms with E-state index in [-0.39, 0.29) is 18.2 Å². The molecule has 7 heteroatoms. The lowest BCUT2D eigenvalue weighted by Gasteiger charge is -2.41. The van der Waals surface area contributed by atoms with Gasteiger partial charge in [-0.05, 0) is 44.0 Å². The zero-order valence-electron chi connectivity index (χ0n) is 12.0. The highest BCUT2D eigenvalue weighted by atomic mass is 79.9. The van der Waals surface area contributed by atoms with Gasteiger partial charge in [-0.25, -0.2) is 0 Å². The Bertz CT molecular complexity index is 486. The maximum Gasteiger partial charge on any atom is 0.135 e. The summed E-state index contributed by atoms with van der Waals surface area (Å²) in [6.45, 7) is 1.07. The molecule has 1 fully saturated rings. The summed E-state index contributed by atoms with van der Waals surface area (Å²) in [7, 11) is 3.27. The second kappa shape index (κ2) is 7.78. The molecule has 1 saturated carbocycles. The van der Waals surface area contributed by atoms with Crippen LogP contribution in [0.25, 0.3) is 0 Å². The van der Waals surface area contributed by atoms with Crippen molar-refractivity contribution in [3.05, 3.63) is 21.1 Å². The first-order chi connectivity index (χ1) is 10.1. The summed E-state index contributed by atoms with van der Waals surface area (Å²) in [6, 6.07) is 3.74. The zero-order valence-corrected chi connectivity index (χ0v) is 15.1. The number of nitrogens with two attached hydrogens (primary N) is 1. The van der Waals surface area contributed by atoms with Gasteiger partial charge in [-0.15, -0.1) is 0 Å². The summed E-state index contributed by atoms with van der Waals surface area (Å²) in [4.78, 5) is 0. The van der Waals surface area contributed by atoms with Crippen LogP contribution in [0.15, 0.2) is 21.1 Å². The number of rotatable bonds is 7. The Labute approximate surface area is 141 Å². The van der Waals surface area contributed by atoms with Crippen LogP contribution in [0.3, 0.4) is 0 Å². The van der Waals surface area contributed by atoms with E-state index in [0.717, 1.165) is 26.9 Å². The summed E-state index contributed by atoms with van der Waals surface area (Å²) >= 11 is 6.94. The van der Waals surface area contributed by atoms with E-state index in [4.69, 9.17) is 24.7 Å². The lowest BCUT2D eigenvalue weighted by atomic mass is 9.86. The first kappa shape index (κ1) is 17.0. The molecule has 5 nitrogen and oxygen atoms in total. The van der Waals surface area contributed by atoms with Gasteiger partial charge in [-0.1, -0.05) is 0 Å². The van der Waals surface area contributed by atoms with Crippen molar-refractivity contribution < 1.29 is 18.9 Å². The van der Waals surface area contributed by atoms with Crippen LogP contribution < -0.4 is 15.2 Å². The predicted molar refractivity (Wildman–Crippen MR) is 87.0 cm³/mol. The Balaban J connectivity index is 1.99. The van der Waals surface area contributed by atoms with Crippen molar-refractivity contribution in [3.63, 3.8) is 0 Å². The Kier molecular flexibility index (Phi) is 6.31. The quantitative estimate of drug-likeness (QED) is 0.682. The molecule has 1 aromatic carbocycles. The number of hydrogen-bond acceptors (Lipinski definition) is 5. The van der Waals surface area contributed by atoms with Gasteiger partial charge in [0.2, 0.25) is 0 Å². The van der Waals surface area contributed by atoms with Crippen molar-refractivity contribution in [2.75, 3.05) is 27.4 Å². The second-order valence-electron chi connectivity index (χ2n) is 4.80. The van der Waals surface area contributed by atoms with E-state index >= 15 is 0 Å². The van der Waals surface area contributed by atoms with Crippen LogP contribution in [-0.4, -0.2) is 45.7 Å². The standard InChI is InChI=1S/C14H19Br2NO4/c1-18-3-4-20-14-10(17)7-13(14)21-12-6-8(15)11(19-2)5-9(12)16/h5-6,10,13-14H,3-4,7,17H2,1-2H3. The van der Waals surface area contributed by atoms with Gasteiger partial charge in [0.1, 0.15) is 23.7 Å². The lowest BCUT2D eigenvalue weighted by molar-refractivity contribution is -0.107. The second-order valence-corrected chi connectivity index (χ2v) is 6.51. The molecular formula is C14H19Br2NO4. The largest absolute Gasteiger partial charge is 0.496 e. The molecule has 3 unspecified atom stereocenters. The molecule has 0 bridgehead atoms. The average molecular weight is 425 g/mol. The SMILES string of the molecule is COCCOC1C(N)CC1Oc1cc(Br)c(OC)cc1Br. The third-order valence-corrected chi connectivity index (χ3v) is 4.61. The molecule has 1 aliphatic carbocycles. The summed E-state index contributed by atoms with van der Waals surface area (Å²) in [6.07, 6.45) is 0.620. The van der Waals surface area contributed by atoms with Gasteiger partial charge >= 0.3 is 0 Å². The van der Waals surface area contributed by atoms with Crippen LogP contribution in [-0.2, 0) is 9.47 Å². The van der Waals surface area contributed by atoms with E-state index in [1.165, 1.54) is 0 Å². The predicted octanol–water partition coefficient (Wildman–Crippen LogP) is 2.73. The smallest absolute Gasteiger partial charge is 0.135 e. The zero-order chi connectivity index (χ0) is 15.4. The molecule has 1 aromatic rings. The van der Waals surface area contributed by atoms with Gasteiger partial charge in [-0.2, -0.15) is 0 Å². The van der Waals surface area contributed by atoms with E-state index < -0.39 is 0 Å². The monoisotopic (exact) mass is 423 g/mol. The molecule has 118 valence electrons. The molecule has 0 aromatic heterocycles. The van der Waals surface area contributed by atoms with E-state index in [0.29, 0.717) is 13.2 Å². The van der Waals surface area contributed by atoms with Crippen molar-refractivity contribution in [2.45, 2.75) is 24.7 Å². The summed E-state index contributed by atoms with van der Waals surface area (Å²) in [5.74, 6) is 1.48. The first-order valence-corrected chi connectivity index (χ1v) is 8.21. The van der Waals surface area contributed by atoms with Crippen molar-refractivity contribution in [3.8, 4) is 11.5 Å². The van der Waals surface area contributed by atoms with Crippen LogP contribution in [0.2, 0.25) is 0 Å². The maximum atomic E-state index is 6.00. The molecular weight excluding hydrogens is 406 g/mol.